The van der Waals surface area contributed by atoms with Gasteiger partial charge in [-0.25, -0.2) is 0 Å². The Balaban J connectivity index is 1.43. The first-order chi connectivity index (χ1) is 11.2. The van der Waals surface area contributed by atoms with Crippen molar-refractivity contribution >= 4 is 5.91 Å². The number of aryl methyl sites for hydroxylation is 1. The zero-order valence-corrected chi connectivity index (χ0v) is 14.5. The van der Waals surface area contributed by atoms with Crippen molar-refractivity contribution in [2.75, 3.05) is 46.3 Å². The maximum Gasteiger partial charge on any atom is 0.220 e. The van der Waals surface area contributed by atoms with E-state index in [1.807, 2.05) is 18.2 Å². The fourth-order valence-electron chi connectivity index (χ4n) is 2.93. The molecule has 23 heavy (non-hydrogen) atoms. The summed E-state index contributed by atoms with van der Waals surface area (Å²) in [6.45, 7) is 6.81. The number of likely N-dealkylation sites (N-methyl/N-ethyl adjacent to an activating group) is 1. The van der Waals surface area contributed by atoms with E-state index < -0.39 is 0 Å². The number of unbranched alkanes of at least 4 members (excludes halogenated alkanes) is 2. The largest absolute Gasteiger partial charge is 0.356 e. The number of rotatable bonds is 9. The lowest BCUT2D eigenvalue weighted by atomic mass is 10.1. The minimum Gasteiger partial charge on any atom is -0.356 e. The normalized spacial score (nSPS) is 16.4. The number of nitrogens with zero attached hydrogens (tertiary/aromatic N) is 2. The lowest BCUT2D eigenvalue weighted by Gasteiger charge is -2.32. The molecule has 1 fully saturated rings. The predicted molar refractivity (Wildman–Crippen MR) is 95.6 cm³/mol. The summed E-state index contributed by atoms with van der Waals surface area (Å²) in [7, 11) is 2.19. The van der Waals surface area contributed by atoms with Crippen molar-refractivity contribution < 1.29 is 4.79 Å². The van der Waals surface area contributed by atoms with Crippen LogP contribution in [0, 0.1) is 0 Å². The third-order valence-corrected chi connectivity index (χ3v) is 4.55. The molecular formula is C19H31N3O. The van der Waals surface area contributed by atoms with Gasteiger partial charge in [0.05, 0.1) is 0 Å². The highest BCUT2D eigenvalue weighted by molar-refractivity contribution is 5.76. The quantitative estimate of drug-likeness (QED) is 0.709. The van der Waals surface area contributed by atoms with E-state index in [1.165, 1.54) is 51.1 Å². The standard InChI is InChI=1S/C19H31N3O/c1-21-14-16-22(17-15-21)13-7-3-6-12-20-19(23)11-10-18-8-4-2-5-9-18/h2,4-5,8-9H,3,6-7,10-17H2,1H3,(H,20,23). The van der Waals surface area contributed by atoms with Crippen LogP contribution in [0.1, 0.15) is 31.2 Å². The molecular weight excluding hydrogens is 286 g/mol. The van der Waals surface area contributed by atoms with Crippen LogP contribution < -0.4 is 5.32 Å². The highest BCUT2D eigenvalue weighted by Crippen LogP contribution is 2.04. The summed E-state index contributed by atoms with van der Waals surface area (Å²) >= 11 is 0. The summed E-state index contributed by atoms with van der Waals surface area (Å²) in [6.07, 6.45) is 4.95. The molecule has 1 saturated heterocycles. The van der Waals surface area contributed by atoms with Crippen LogP contribution in [-0.2, 0) is 11.2 Å². The average Bonchev–Trinajstić information content (AvgIpc) is 2.58. The second-order valence-corrected chi connectivity index (χ2v) is 6.54. The van der Waals surface area contributed by atoms with Gasteiger partial charge in [-0.2, -0.15) is 0 Å². The van der Waals surface area contributed by atoms with E-state index in [0.29, 0.717) is 6.42 Å². The van der Waals surface area contributed by atoms with E-state index in [9.17, 15) is 4.79 Å². The van der Waals surface area contributed by atoms with E-state index in [-0.39, 0.29) is 5.91 Å². The summed E-state index contributed by atoms with van der Waals surface area (Å²) in [5.74, 6) is 0.174. The minimum absolute atomic E-state index is 0.174. The van der Waals surface area contributed by atoms with Gasteiger partial charge in [0.15, 0.2) is 0 Å². The van der Waals surface area contributed by atoms with Crippen molar-refractivity contribution in [2.24, 2.45) is 0 Å². The number of piperazine rings is 1. The van der Waals surface area contributed by atoms with Gasteiger partial charge in [0.25, 0.3) is 0 Å². The highest BCUT2D eigenvalue weighted by atomic mass is 16.1. The Labute approximate surface area is 140 Å². The molecule has 128 valence electrons. The van der Waals surface area contributed by atoms with Gasteiger partial charge in [0.1, 0.15) is 0 Å². The lowest BCUT2D eigenvalue weighted by Crippen LogP contribution is -2.44. The molecule has 4 heteroatoms. The van der Waals surface area contributed by atoms with Gasteiger partial charge < -0.3 is 15.1 Å². The number of carbonyl (C=O) groups is 1. The predicted octanol–water partition coefficient (Wildman–Crippen LogP) is 2.15. The third-order valence-electron chi connectivity index (χ3n) is 4.55. The Morgan fingerprint density at radius 3 is 2.52 bits per heavy atom. The molecule has 1 heterocycles. The Morgan fingerprint density at radius 1 is 1.04 bits per heavy atom. The second kappa shape index (κ2) is 10.4. The van der Waals surface area contributed by atoms with Gasteiger partial charge in [-0.05, 0) is 38.4 Å². The molecule has 1 aromatic carbocycles. The van der Waals surface area contributed by atoms with E-state index in [1.54, 1.807) is 0 Å². The van der Waals surface area contributed by atoms with Crippen LogP contribution in [0.3, 0.4) is 0 Å². The molecule has 1 aliphatic rings. The van der Waals surface area contributed by atoms with Gasteiger partial charge in [-0.3, -0.25) is 4.79 Å². The average molecular weight is 317 g/mol. The number of hydrogen-bond donors (Lipinski definition) is 1. The molecule has 0 bridgehead atoms. The monoisotopic (exact) mass is 317 g/mol. The number of nitrogens with one attached hydrogen (secondary N) is 1. The molecule has 1 aliphatic heterocycles. The molecule has 0 spiro atoms. The zero-order valence-electron chi connectivity index (χ0n) is 14.5. The van der Waals surface area contributed by atoms with Gasteiger partial charge in [-0.15, -0.1) is 0 Å². The summed E-state index contributed by atoms with van der Waals surface area (Å²) in [4.78, 5) is 16.7. The minimum atomic E-state index is 0.174. The molecule has 0 aromatic heterocycles. The van der Waals surface area contributed by atoms with Crippen molar-refractivity contribution in [3.63, 3.8) is 0 Å². The third kappa shape index (κ3) is 7.62. The van der Waals surface area contributed by atoms with Crippen LogP contribution in [0.4, 0.5) is 0 Å². The first kappa shape index (κ1) is 18.0. The number of carbonyl (C=O) groups excluding carboxylic acids is 1. The Hall–Kier alpha value is -1.39. The van der Waals surface area contributed by atoms with Crippen LogP contribution in [0.2, 0.25) is 0 Å². The van der Waals surface area contributed by atoms with Gasteiger partial charge in [0, 0.05) is 39.1 Å². The molecule has 0 aliphatic carbocycles. The SMILES string of the molecule is CN1CCN(CCCCCNC(=O)CCc2ccccc2)CC1. The Kier molecular flexibility index (Phi) is 8.12. The van der Waals surface area contributed by atoms with Crippen LogP contribution in [-0.4, -0.2) is 62.0 Å². The first-order valence-corrected chi connectivity index (χ1v) is 8.95. The zero-order chi connectivity index (χ0) is 16.3. The maximum atomic E-state index is 11.8. The molecule has 0 saturated carbocycles. The molecule has 1 N–H and O–H groups in total. The molecule has 0 radical (unpaired) electrons. The van der Waals surface area contributed by atoms with Crippen molar-refractivity contribution in [1.82, 2.24) is 15.1 Å². The summed E-state index contributed by atoms with van der Waals surface area (Å²) in [5.41, 5.74) is 1.23. The second-order valence-electron chi connectivity index (χ2n) is 6.54. The maximum absolute atomic E-state index is 11.8. The van der Waals surface area contributed by atoms with E-state index in [0.717, 1.165) is 19.4 Å². The molecule has 4 nitrogen and oxygen atoms in total. The van der Waals surface area contributed by atoms with Gasteiger partial charge in [0.2, 0.25) is 5.91 Å². The number of hydrogen-bond acceptors (Lipinski definition) is 3. The van der Waals surface area contributed by atoms with Crippen LogP contribution in [0.15, 0.2) is 30.3 Å². The van der Waals surface area contributed by atoms with Crippen LogP contribution >= 0.6 is 0 Å². The van der Waals surface area contributed by atoms with E-state index in [2.05, 4.69) is 34.3 Å². The molecule has 0 unspecified atom stereocenters. The van der Waals surface area contributed by atoms with E-state index in [4.69, 9.17) is 0 Å². The number of benzene rings is 1. The van der Waals surface area contributed by atoms with Crippen molar-refractivity contribution in [3.05, 3.63) is 35.9 Å². The highest BCUT2D eigenvalue weighted by Gasteiger charge is 2.12. The lowest BCUT2D eigenvalue weighted by molar-refractivity contribution is -0.121. The fraction of sp³-hybridized carbons (Fsp3) is 0.632. The Bertz CT molecular complexity index is 441. The summed E-state index contributed by atoms with van der Waals surface area (Å²) < 4.78 is 0. The Morgan fingerprint density at radius 2 is 1.78 bits per heavy atom. The van der Waals surface area contributed by atoms with Crippen molar-refractivity contribution in [3.8, 4) is 0 Å². The number of amides is 1. The van der Waals surface area contributed by atoms with Crippen LogP contribution in [0.25, 0.3) is 0 Å². The molecule has 0 atom stereocenters. The first-order valence-electron chi connectivity index (χ1n) is 8.95. The van der Waals surface area contributed by atoms with Crippen molar-refractivity contribution in [2.45, 2.75) is 32.1 Å². The van der Waals surface area contributed by atoms with Crippen molar-refractivity contribution in [1.29, 1.82) is 0 Å². The van der Waals surface area contributed by atoms with E-state index >= 15 is 0 Å². The van der Waals surface area contributed by atoms with Gasteiger partial charge in [-0.1, -0.05) is 36.8 Å². The molecule has 1 amide bonds. The fourth-order valence-corrected chi connectivity index (χ4v) is 2.93. The smallest absolute Gasteiger partial charge is 0.220 e. The molecule has 1 aromatic rings. The summed E-state index contributed by atoms with van der Waals surface area (Å²) in [5, 5.41) is 3.04. The van der Waals surface area contributed by atoms with Crippen LogP contribution in [0.5, 0.6) is 0 Å². The van der Waals surface area contributed by atoms with Gasteiger partial charge >= 0.3 is 0 Å². The molecule has 2 rings (SSSR count). The topological polar surface area (TPSA) is 35.6 Å². The summed E-state index contributed by atoms with van der Waals surface area (Å²) in [6, 6.07) is 10.2.